The van der Waals surface area contributed by atoms with Crippen molar-refractivity contribution in [2.24, 2.45) is 0 Å². The molecule has 2 unspecified atom stereocenters. The number of rotatable bonds is 3. The molecule has 2 heterocycles. The summed E-state index contributed by atoms with van der Waals surface area (Å²) in [6, 6.07) is 1.18. The molecule has 1 N–H and O–H groups in total. The van der Waals surface area contributed by atoms with E-state index in [1.807, 2.05) is 13.8 Å². The third-order valence-corrected chi connectivity index (χ3v) is 8.11. The van der Waals surface area contributed by atoms with Crippen molar-refractivity contribution in [1.82, 2.24) is 4.31 Å². The average molecular weight is 335 g/mol. The van der Waals surface area contributed by atoms with Crippen LogP contribution in [0.5, 0.6) is 0 Å². The normalized spacial score (nSPS) is 24.8. The van der Waals surface area contributed by atoms with E-state index in [-0.39, 0.29) is 21.1 Å². The highest BCUT2D eigenvalue weighted by Crippen LogP contribution is 2.33. The fourth-order valence-corrected chi connectivity index (χ4v) is 6.59. The van der Waals surface area contributed by atoms with Crippen molar-refractivity contribution in [1.29, 1.82) is 0 Å². The first-order chi connectivity index (χ1) is 9.25. The number of thiophene rings is 1. The maximum atomic E-state index is 12.7. The number of carboxylic acids is 1. The Labute approximate surface area is 127 Å². The van der Waals surface area contributed by atoms with Gasteiger partial charge in [0.25, 0.3) is 0 Å². The summed E-state index contributed by atoms with van der Waals surface area (Å²) in [5.74, 6) is -0.324. The van der Waals surface area contributed by atoms with Gasteiger partial charge in [-0.2, -0.15) is 16.1 Å². The van der Waals surface area contributed by atoms with Crippen LogP contribution in [0.1, 0.15) is 28.4 Å². The lowest BCUT2D eigenvalue weighted by atomic mass is 10.2. The number of nitrogens with zero attached hydrogens (tertiary/aromatic N) is 1. The second-order valence-corrected chi connectivity index (χ2v) is 9.37. The molecular formula is C12H17NO4S3. The molecule has 1 aromatic heterocycles. The van der Waals surface area contributed by atoms with Crippen LogP contribution in [0.3, 0.4) is 0 Å². The summed E-state index contributed by atoms with van der Waals surface area (Å²) in [5, 5.41) is 9.22. The number of carbonyl (C=O) groups is 1. The predicted molar refractivity (Wildman–Crippen MR) is 81.3 cm³/mol. The van der Waals surface area contributed by atoms with Gasteiger partial charge in [-0.15, -0.1) is 11.3 Å². The van der Waals surface area contributed by atoms with Gasteiger partial charge < -0.3 is 5.11 Å². The summed E-state index contributed by atoms with van der Waals surface area (Å²) < 4.78 is 27.0. The fourth-order valence-electron chi connectivity index (χ4n) is 2.20. The first-order valence-electron chi connectivity index (χ1n) is 6.22. The highest BCUT2D eigenvalue weighted by atomic mass is 32.2. The molecule has 0 radical (unpaired) electrons. The van der Waals surface area contributed by atoms with E-state index in [2.05, 4.69) is 0 Å². The van der Waals surface area contributed by atoms with Crippen molar-refractivity contribution in [2.45, 2.75) is 37.0 Å². The van der Waals surface area contributed by atoms with Crippen LogP contribution in [0.15, 0.2) is 11.0 Å². The maximum absolute atomic E-state index is 12.7. The van der Waals surface area contributed by atoms with Crippen molar-refractivity contribution in [3.63, 3.8) is 0 Å². The van der Waals surface area contributed by atoms with E-state index in [4.69, 9.17) is 5.11 Å². The van der Waals surface area contributed by atoms with Crippen molar-refractivity contribution in [2.75, 3.05) is 12.3 Å². The molecule has 0 amide bonds. The SMILES string of the molecule is Cc1sc(C(=O)O)cc1S(=O)(=O)N1CCSC(C)C1C. The summed E-state index contributed by atoms with van der Waals surface area (Å²) in [6.45, 7) is 6.03. The van der Waals surface area contributed by atoms with Crippen molar-refractivity contribution >= 4 is 39.1 Å². The lowest BCUT2D eigenvalue weighted by Crippen LogP contribution is -2.47. The van der Waals surface area contributed by atoms with E-state index in [0.717, 1.165) is 17.1 Å². The van der Waals surface area contributed by atoms with Crippen LogP contribution < -0.4 is 0 Å². The van der Waals surface area contributed by atoms with Crippen LogP contribution >= 0.6 is 23.1 Å². The molecule has 1 aliphatic rings. The first-order valence-corrected chi connectivity index (χ1v) is 9.53. The number of sulfonamides is 1. The minimum absolute atomic E-state index is 0.0631. The van der Waals surface area contributed by atoms with Crippen molar-refractivity contribution in [3.8, 4) is 0 Å². The molecule has 8 heteroatoms. The number of carboxylic acid groups (broad SMARTS) is 1. The summed E-state index contributed by atoms with van der Waals surface area (Å²) in [6.07, 6.45) is 0. The Morgan fingerprint density at radius 3 is 2.65 bits per heavy atom. The largest absolute Gasteiger partial charge is 0.477 e. The number of hydrogen-bond acceptors (Lipinski definition) is 5. The topological polar surface area (TPSA) is 74.7 Å². The van der Waals surface area contributed by atoms with Gasteiger partial charge in [-0.1, -0.05) is 6.92 Å². The number of aryl methyl sites for hydroxylation is 1. The molecular weight excluding hydrogens is 318 g/mol. The molecule has 1 fully saturated rings. The van der Waals surface area contributed by atoms with Gasteiger partial charge in [-0.05, 0) is 19.9 Å². The molecule has 2 rings (SSSR count). The molecule has 0 saturated carbocycles. The number of thioether (sulfide) groups is 1. The zero-order valence-corrected chi connectivity index (χ0v) is 13.9. The Morgan fingerprint density at radius 2 is 2.10 bits per heavy atom. The van der Waals surface area contributed by atoms with Crippen LogP contribution in [-0.4, -0.2) is 47.4 Å². The van der Waals surface area contributed by atoms with Crippen LogP contribution in [-0.2, 0) is 10.0 Å². The first kappa shape index (κ1) is 15.8. The predicted octanol–water partition coefficient (Wildman–Crippen LogP) is 2.27. The molecule has 0 aromatic carbocycles. The number of aromatic carboxylic acids is 1. The minimum atomic E-state index is -3.62. The lowest BCUT2D eigenvalue weighted by molar-refractivity contribution is 0.0702. The van der Waals surface area contributed by atoms with Crippen molar-refractivity contribution in [3.05, 3.63) is 15.8 Å². The summed E-state index contributed by atoms with van der Waals surface area (Å²) in [4.78, 5) is 11.7. The third kappa shape index (κ3) is 2.74. The highest BCUT2D eigenvalue weighted by Gasteiger charge is 2.36. The lowest BCUT2D eigenvalue weighted by Gasteiger charge is -2.36. The van der Waals surface area contributed by atoms with E-state index in [9.17, 15) is 13.2 Å². The Bertz CT molecular complexity index is 623. The Morgan fingerprint density at radius 1 is 1.45 bits per heavy atom. The molecule has 1 aromatic rings. The standard InChI is InChI=1S/C12H17NO4S3/c1-7-8(2)18-5-4-13(7)20(16,17)11-6-10(12(14)15)19-9(11)3/h6-8H,4-5H2,1-3H3,(H,14,15). The smallest absolute Gasteiger partial charge is 0.345 e. The van der Waals surface area contributed by atoms with Crippen LogP contribution in [0.2, 0.25) is 0 Å². The zero-order valence-electron chi connectivity index (χ0n) is 11.5. The van der Waals surface area contributed by atoms with Gasteiger partial charge in [0.15, 0.2) is 0 Å². The van der Waals surface area contributed by atoms with Crippen LogP contribution in [0.4, 0.5) is 0 Å². The van der Waals surface area contributed by atoms with E-state index in [1.165, 1.54) is 10.4 Å². The van der Waals surface area contributed by atoms with Gasteiger partial charge in [0.05, 0.1) is 4.90 Å². The summed E-state index contributed by atoms with van der Waals surface area (Å²) >= 11 is 2.76. The summed E-state index contributed by atoms with van der Waals surface area (Å²) in [7, 11) is -3.62. The molecule has 5 nitrogen and oxygen atoms in total. The molecule has 1 aliphatic heterocycles. The van der Waals surface area contributed by atoms with Crippen LogP contribution in [0, 0.1) is 6.92 Å². The van der Waals surface area contributed by atoms with Gasteiger partial charge in [0.2, 0.25) is 10.0 Å². The van der Waals surface area contributed by atoms with Crippen LogP contribution in [0.25, 0.3) is 0 Å². The summed E-state index contributed by atoms with van der Waals surface area (Å²) in [5.41, 5.74) is 0. The molecule has 2 atom stereocenters. The quantitative estimate of drug-likeness (QED) is 0.917. The zero-order chi connectivity index (χ0) is 15.1. The van der Waals surface area contributed by atoms with Gasteiger partial charge in [-0.3, -0.25) is 0 Å². The average Bonchev–Trinajstić information content (AvgIpc) is 2.75. The molecule has 0 aliphatic carbocycles. The van der Waals surface area contributed by atoms with E-state index < -0.39 is 16.0 Å². The van der Waals surface area contributed by atoms with Crippen molar-refractivity contribution < 1.29 is 18.3 Å². The second-order valence-electron chi connectivity index (χ2n) is 4.77. The van der Waals surface area contributed by atoms with E-state index >= 15 is 0 Å². The maximum Gasteiger partial charge on any atom is 0.345 e. The van der Waals surface area contributed by atoms with Gasteiger partial charge in [-0.25, -0.2) is 13.2 Å². The molecule has 20 heavy (non-hydrogen) atoms. The van der Waals surface area contributed by atoms with Gasteiger partial charge in [0, 0.05) is 28.5 Å². The highest BCUT2D eigenvalue weighted by molar-refractivity contribution is 8.00. The number of hydrogen-bond donors (Lipinski definition) is 1. The third-order valence-electron chi connectivity index (χ3n) is 3.50. The molecule has 0 spiro atoms. The molecule has 0 bridgehead atoms. The molecule has 112 valence electrons. The fraction of sp³-hybridized carbons (Fsp3) is 0.583. The van der Waals surface area contributed by atoms with Gasteiger partial charge in [0.1, 0.15) is 4.88 Å². The Balaban J connectivity index is 2.42. The van der Waals surface area contributed by atoms with E-state index in [0.29, 0.717) is 11.4 Å². The Hall–Kier alpha value is -0.570. The second kappa shape index (κ2) is 5.67. The monoisotopic (exact) mass is 335 g/mol. The van der Waals surface area contributed by atoms with E-state index in [1.54, 1.807) is 18.7 Å². The molecule has 1 saturated heterocycles. The van der Waals surface area contributed by atoms with Gasteiger partial charge >= 0.3 is 5.97 Å². The Kier molecular flexibility index (Phi) is 4.48. The minimum Gasteiger partial charge on any atom is -0.477 e.